The van der Waals surface area contributed by atoms with Crippen LogP contribution < -0.4 is 10.6 Å². The van der Waals surface area contributed by atoms with E-state index in [4.69, 9.17) is 4.74 Å². The van der Waals surface area contributed by atoms with E-state index in [9.17, 15) is 14.0 Å². The summed E-state index contributed by atoms with van der Waals surface area (Å²) in [5, 5.41) is 6.00. The molecule has 1 saturated carbocycles. The standard InChI is InChI=1S/C22H23FN2O3/c1-28-21(27)22(7-3-8-22)16-4-2-5-17(12-16)25-20(26)18-10-15-13-24-9-6-14(15)11-19(18)23/h2,4-5,10-12,24H,3,6-9,13H2,1H3,(H,25,26). The summed E-state index contributed by atoms with van der Waals surface area (Å²) in [4.78, 5) is 25.0. The number of hydrogen-bond acceptors (Lipinski definition) is 4. The first-order valence-electron chi connectivity index (χ1n) is 9.56. The number of methoxy groups -OCH3 is 1. The van der Waals surface area contributed by atoms with Gasteiger partial charge in [0.15, 0.2) is 0 Å². The molecule has 5 nitrogen and oxygen atoms in total. The number of nitrogens with one attached hydrogen (secondary N) is 2. The molecular weight excluding hydrogens is 359 g/mol. The summed E-state index contributed by atoms with van der Waals surface area (Å²) in [5.41, 5.74) is 2.63. The van der Waals surface area contributed by atoms with E-state index in [0.29, 0.717) is 12.2 Å². The van der Waals surface area contributed by atoms with Gasteiger partial charge in [0.1, 0.15) is 5.82 Å². The van der Waals surface area contributed by atoms with Gasteiger partial charge in [-0.15, -0.1) is 0 Å². The van der Waals surface area contributed by atoms with Crippen LogP contribution in [0.15, 0.2) is 36.4 Å². The minimum atomic E-state index is -0.641. The molecule has 0 atom stereocenters. The molecule has 2 N–H and O–H groups in total. The molecule has 1 amide bonds. The van der Waals surface area contributed by atoms with Crippen molar-refractivity contribution in [3.63, 3.8) is 0 Å². The highest BCUT2D eigenvalue weighted by molar-refractivity contribution is 6.04. The van der Waals surface area contributed by atoms with Crippen LogP contribution in [-0.2, 0) is 27.9 Å². The van der Waals surface area contributed by atoms with Crippen LogP contribution in [0.1, 0.15) is 46.3 Å². The van der Waals surface area contributed by atoms with Crippen molar-refractivity contribution >= 4 is 17.6 Å². The fourth-order valence-corrected chi connectivity index (χ4v) is 4.11. The Hall–Kier alpha value is -2.73. The number of halogens is 1. The zero-order chi connectivity index (χ0) is 19.7. The maximum atomic E-state index is 14.5. The topological polar surface area (TPSA) is 67.4 Å². The van der Waals surface area contributed by atoms with Gasteiger partial charge in [-0.2, -0.15) is 0 Å². The summed E-state index contributed by atoms with van der Waals surface area (Å²) in [6, 6.07) is 10.3. The van der Waals surface area contributed by atoms with E-state index in [1.165, 1.54) is 13.2 Å². The summed E-state index contributed by atoms with van der Waals surface area (Å²) < 4.78 is 19.5. The van der Waals surface area contributed by atoms with Gasteiger partial charge >= 0.3 is 5.97 Å². The summed E-state index contributed by atoms with van der Waals surface area (Å²) in [6.07, 6.45) is 3.17. The Balaban J connectivity index is 1.58. The molecular formula is C22H23FN2O3. The number of esters is 1. The smallest absolute Gasteiger partial charge is 0.316 e. The van der Waals surface area contributed by atoms with Crippen LogP contribution in [0.4, 0.5) is 10.1 Å². The van der Waals surface area contributed by atoms with Crippen molar-refractivity contribution in [3.05, 3.63) is 64.5 Å². The number of benzene rings is 2. The molecule has 28 heavy (non-hydrogen) atoms. The summed E-state index contributed by atoms with van der Waals surface area (Å²) in [7, 11) is 1.39. The van der Waals surface area contributed by atoms with Crippen LogP contribution in [0, 0.1) is 5.82 Å². The predicted octanol–water partition coefficient (Wildman–Crippen LogP) is 3.32. The third kappa shape index (κ3) is 3.18. The summed E-state index contributed by atoms with van der Waals surface area (Å²) >= 11 is 0. The number of amides is 1. The van der Waals surface area contributed by atoms with Crippen molar-refractivity contribution in [2.24, 2.45) is 0 Å². The zero-order valence-corrected chi connectivity index (χ0v) is 15.8. The van der Waals surface area contributed by atoms with Gasteiger partial charge in [-0.05, 0) is 66.8 Å². The Labute approximate surface area is 163 Å². The molecule has 4 rings (SSSR count). The van der Waals surface area contributed by atoms with E-state index < -0.39 is 17.1 Å². The molecule has 1 heterocycles. The van der Waals surface area contributed by atoms with Crippen molar-refractivity contribution in [2.45, 2.75) is 37.6 Å². The van der Waals surface area contributed by atoms with Gasteiger partial charge in [-0.3, -0.25) is 9.59 Å². The second-order valence-electron chi connectivity index (χ2n) is 7.49. The lowest BCUT2D eigenvalue weighted by Crippen LogP contribution is -2.43. The first-order valence-corrected chi connectivity index (χ1v) is 9.56. The van der Waals surface area contributed by atoms with Crippen molar-refractivity contribution in [1.29, 1.82) is 0 Å². The maximum absolute atomic E-state index is 14.5. The molecule has 0 spiro atoms. The predicted molar refractivity (Wildman–Crippen MR) is 104 cm³/mol. The summed E-state index contributed by atoms with van der Waals surface area (Å²) in [6.45, 7) is 1.44. The molecule has 2 aromatic carbocycles. The molecule has 0 aromatic heterocycles. The molecule has 1 aliphatic heterocycles. The molecule has 1 fully saturated rings. The van der Waals surface area contributed by atoms with Crippen molar-refractivity contribution in [1.82, 2.24) is 5.32 Å². The minimum absolute atomic E-state index is 0.0270. The van der Waals surface area contributed by atoms with Gasteiger partial charge < -0.3 is 15.4 Å². The molecule has 0 unspecified atom stereocenters. The number of anilines is 1. The van der Waals surface area contributed by atoms with Gasteiger partial charge in [0.2, 0.25) is 0 Å². The molecule has 0 saturated heterocycles. The second-order valence-corrected chi connectivity index (χ2v) is 7.49. The van der Waals surface area contributed by atoms with E-state index >= 15 is 0 Å². The number of ether oxygens (including phenoxy) is 1. The Kier molecular flexibility index (Phi) is 4.89. The van der Waals surface area contributed by atoms with E-state index in [1.807, 2.05) is 6.07 Å². The lowest BCUT2D eigenvalue weighted by Gasteiger charge is -2.39. The zero-order valence-electron chi connectivity index (χ0n) is 15.8. The molecule has 2 aliphatic rings. The van der Waals surface area contributed by atoms with Crippen LogP contribution in [0.3, 0.4) is 0 Å². The fourth-order valence-electron chi connectivity index (χ4n) is 4.11. The SMILES string of the molecule is COC(=O)C1(c2cccc(NC(=O)c3cc4c(cc3F)CCNC4)c2)CCC1. The highest BCUT2D eigenvalue weighted by atomic mass is 19.1. The highest BCUT2D eigenvalue weighted by Gasteiger charge is 2.46. The van der Waals surface area contributed by atoms with Gasteiger partial charge in [-0.25, -0.2) is 4.39 Å². The van der Waals surface area contributed by atoms with E-state index in [1.54, 1.807) is 24.3 Å². The van der Waals surface area contributed by atoms with Crippen LogP contribution in [0.25, 0.3) is 0 Å². The molecule has 1 aliphatic carbocycles. The Bertz CT molecular complexity index is 937. The van der Waals surface area contributed by atoms with Crippen LogP contribution >= 0.6 is 0 Å². The largest absolute Gasteiger partial charge is 0.468 e. The molecule has 2 aromatic rings. The number of hydrogen-bond donors (Lipinski definition) is 2. The summed E-state index contributed by atoms with van der Waals surface area (Å²) in [5.74, 6) is -1.27. The van der Waals surface area contributed by atoms with E-state index in [2.05, 4.69) is 10.6 Å². The number of fused-ring (bicyclic) bond motifs is 1. The van der Waals surface area contributed by atoms with Crippen molar-refractivity contribution in [2.75, 3.05) is 19.0 Å². The Morgan fingerprint density at radius 1 is 1.18 bits per heavy atom. The monoisotopic (exact) mass is 382 g/mol. The van der Waals surface area contributed by atoms with Gasteiger partial charge in [0.25, 0.3) is 5.91 Å². The minimum Gasteiger partial charge on any atom is -0.468 e. The van der Waals surface area contributed by atoms with Gasteiger partial charge in [0, 0.05) is 12.2 Å². The number of carbonyl (C=O) groups excluding carboxylic acids is 2. The number of carbonyl (C=O) groups is 2. The lowest BCUT2D eigenvalue weighted by molar-refractivity contribution is -0.151. The van der Waals surface area contributed by atoms with Crippen molar-refractivity contribution < 1.29 is 18.7 Å². The lowest BCUT2D eigenvalue weighted by atomic mass is 9.64. The maximum Gasteiger partial charge on any atom is 0.316 e. The van der Waals surface area contributed by atoms with Crippen molar-refractivity contribution in [3.8, 4) is 0 Å². The molecule has 0 bridgehead atoms. The van der Waals surface area contributed by atoms with E-state index in [-0.39, 0.29) is 11.5 Å². The van der Waals surface area contributed by atoms with Gasteiger partial charge in [0.05, 0.1) is 18.1 Å². The molecule has 6 heteroatoms. The second kappa shape index (κ2) is 7.36. The third-order valence-electron chi connectivity index (χ3n) is 5.88. The fraction of sp³-hybridized carbons (Fsp3) is 0.364. The Morgan fingerprint density at radius 2 is 2.00 bits per heavy atom. The highest BCUT2D eigenvalue weighted by Crippen LogP contribution is 2.45. The Morgan fingerprint density at radius 3 is 2.71 bits per heavy atom. The van der Waals surface area contributed by atoms with Crippen LogP contribution in [-0.4, -0.2) is 25.5 Å². The van der Waals surface area contributed by atoms with Crippen LogP contribution in [0.2, 0.25) is 0 Å². The molecule has 146 valence electrons. The average Bonchev–Trinajstić information content (AvgIpc) is 2.66. The van der Waals surface area contributed by atoms with Crippen LogP contribution in [0.5, 0.6) is 0 Å². The van der Waals surface area contributed by atoms with Gasteiger partial charge in [-0.1, -0.05) is 18.6 Å². The first kappa shape index (κ1) is 18.6. The quantitative estimate of drug-likeness (QED) is 0.796. The third-order valence-corrected chi connectivity index (χ3v) is 5.88. The average molecular weight is 382 g/mol. The number of rotatable bonds is 4. The normalized spacial score (nSPS) is 17.2. The molecule has 0 radical (unpaired) electrons. The van der Waals surface area contributed by atoms with E-state index in [0.717, 1.165) is 48.9 Å². The first-order chi connectivity index (χ1) is 13.5.